The van der Waals surface area contributed by atoms with Crippen LogP contribution in [0.3, 0.4) is 0 Å². The largest absolute Gasteiger partial charge is 0.444 e. The number of likely N-dealkylation sites (tertiary alicyclic amines) is 1. The number of rotatable bonds is 0. The highest BCUT2D eigenvalue weighted by Gasteiger charge is 2.34. The van der Waals surface area contributed by atoms with E-state index in [1.165, 1.54) is 0 Å². The SMILES string of the molecule is CC(C)(C)OC(=O)N1CC[C@@H]2CN[C@@H]2CC1. The van der Waals surface area contributed by atoms with Crippen LogP contribution >= 0.6 is 0 Å². The molecule has 92 valence electrons. The van der Waals surface area contributed by atoms with Gasteiger partial charge in [0.25, 0.3) is 0 Å². The Labute approximate surface area is 97.3 Å². The fourth-order valence-electron chi connectivity index (χ4n) is 2.33. The monoisotopic (exact) mass is 226 g/mol. The zero-order chi connectivity index (χ0) is 11.8. The van der Waals surface area contributed by atoms with Gasteiger partial charge in [0.1, 0.15) is 5.60 Å². The molecule has 0 unspecified atom stereocenters. The lowest BCUT2D eigenvalue weighted by Gasteiger charge is -2.36. The molecule has 2 saturated heterocycles. The van der Waals surface area contributed by atoms with Gasteiger partial charge in [0.15, 0.2) is 0 Å². The van der Waals surface area contributed by atoms with Crippen LogP contribution in [0.5, 0.6) is 0 Å². The molecule has 16 heavy (non-hydrogen) atoms. The standard InChI is InChI=1S/C12H22N2O2/c1-12(2,3)16-11(15)14-6-4-9-8-13-10(9)5-7-14/h9-10,13H,4-8H2,1-3H3/t9-,10-/m1/s1. The molecule has 2 atom stereocenters. The van der Waals surface area contributed by atoms with E-state index in [9.17, 15) is 4.79 Å². The fourth-order valence-corrected chi connectivity index (χ4v) is 2.33. The van der Waals surface area contributed by atoms with Crippen molar-refractivity contribution in [3.8, 4) is 0 Å². The molecule has 2 aliphatic rings. The zero-order valence-corrected chi connectivity index (χ0v) is 10.5. The summed E-state index contributed by atoms with van der Waals surface area (Å²) in [5.41, 5.74) is -0.388. The molecule has 2 aliphatic heterocycles. The maximum atomic E-state index is 11.9. The van der Waals surface area contributed by atoms with Crippen molar-refractivity contribution in [2.45, 2.75) is 45.3 Å². The average Bonchev–Trinajstić information content (AvgIpc) is 2.23. The van der Waals surface area contributed by atoms with E-state index in [4.69, 9.17) is 4.74 Å². The first-order valence-corrected chi connectivity index (χ1v) is 6.17. The van der Waals surface area contributed by atoms with Crippen molar-refractivity contribution in [1.29, 1.82) is 0 Å². The second kappa shape index (κ2) is 4.24. The van der Waals surface area contributed by atoms with E-state index < -0.39 is 0 Å². The van der Waals surface area contributed by atoms with Crippen LogP contribution in [0.15, 0.2) is 0 Å². The Balaban J connectivity index is 1.87. The Morgan fingerprint density at radius 3 is 2.56 bits per heavy atom. The molecule has 1 amide bonds. The second-order valence-corrected chi connectivity index (χ2v) is 5.82. The molecule has 0 radical (unpaired) electrons. The van der Waals surface area contributed by atoms with Gasteiger partial charge in [-0.3, -0.25) is 0 Å². The van der Waals surface area contributed by atoms with Crippen molar-refractivity contribution in [2.24, 2.45) is 5.92 Å². The lowest BCUT2D eigenvalue weighted by molar-refractivity contribution is 0.0256. The second-order valence-electron chi connectivity index (χ2n) is 5.82. The van der Waals surface area contributed by atoms with Crippen molar-refractivity contribution in [1.82, 2.24) is 10.2 Å². The van der Waals surface area contributed by atoms with Crippen LogP contribution in [-0.2, 0) is 4.74 Å². The molecule has 0 bridgehead atoms. The molecular weight excluding hydrogens is 204 g/mol. The molecule has 0 aliphatic carbocycles. The highest BCUT2D eigenvalue weighted by molar-refractivity contribution is 5.68. The number of nitrogens with zero attached hydrogens (tertiary/aromatic N) is 1. The minimum absolute atomic E-state index is 0.159. The minimum atomic E-state index is -0.388. The van der Waals surface area contributed by atoms with Crippen molar-refractivity contribution in [2.75, 3.05) is 19.6 Å². The van der Waals surface area contributed by atoms with Crippen LogP contribution in [0.2, 0.25) is 0 Å². The van der Waals surface area contributed by atoms with E-state index in [1.807, 2.05) is 25.7 Å². The summed E-state index contributed by atoms with van der Waals surface area (Å²) in [7, 11) is 0. The van der Waals surface area contributed by atoms with Gasteiger partial charge in [-0.05, 0) is 46.1 Å². The van der Waals surface area contributed by atoms with Gasteiger partial charge in [-0.25, -0.2) is 4.79 Å². The maximum absolute atomic E-state index is 11.9. The summed E-state index contributed by atoms with van der Waals surface area (Å²) in [5, 5.41) is 3.42. The highest BCUT2D eigenvalue weighted by atomic mass is 16.6. The normalized spacial score (nSPS) is 30.1. The van der Waals surface area contributed by atoms with Crippen molar-refractivity contribution in [3.05, 3.63) is 0 Å². The summed E-state index contributed by atoms with van der Waals surface area (Å²) in [6, 6.07) is 0.632. The van der Waals surface area contributed by atoms with Crippen molar-refractivity contribution in [3.63, 3.8) is 0 Å². The zero-order valence-electron chi connectivity index (χ0n) is 10.5. The topological polar surface area (TPSA) is 41.6 Å². The van der Waals surface area contributed by atoms with E-state index in [1.54, 1.807) is 0 Å². The quantitative estimate of drug-likeness (QED) is 0.682. The molecule has 2 heterocycles. The summed E-state index contributed by atoms with van der Waals surface area (Å²) in [6.45, 7) is 8.52. The molecule has 0 aromatic rings. The van der Waals surface area contributed by atoms with Crippen LogP contribution in [0.25, 0.3) is 0 Å². The Kier molecular flexibility index (Phi) is 3.10. The number of ether oxygens (including phenoxy) is 1. The summed E-state index contributed by atoms with van der Waals surface area (Å²) in [6.07, 6.45) is 2.01. The third-order valence-corrected chi connectivity index (χ3v) is 3.34. The number of carbonyl (C=O) groups is 1. The van der Waals surface area contributed by atoms with E-state index in [-0.39, 0.29) is 11.7 Å². The molecule has 1 N–H and O–H groups in total. The third kappa shape index (κ3) is 2.67. The van der Waals surface area contributed by atoms with E-state index in [0.29, 0.717) is 6.04 Å². The lowest BCUT2D eigenvalue weighted by Crippen LogP contribution is -2.52. The van der Waals surface area contributed by atoms with E-state index in [0.717, 1.165) is 38.4 Å². The minimum Gasteiger partial charge on any atom is -0.444 e. The van der Waals surface area contributed by atoms with Gasteiger partial charge in [0.05, 0.1) is 0 Å². The van der Waals surface area contributed by atoms with Crippen LogP contribution < -0.4 is 5.32 Å². The van der Waals surface area contributed by atoms with Crippen molar-refractivity contribution < 1.29 is 9.53 Å². The molecular formula is C12H22N2O2. The Hall–Kier alpha value is -0.770. The molecule has 0 aromatic carbocycles. The number of hydrogen-bond acceptors (Lipinski definition) is 3. The Morgan fingerprint density at radius 1 is 1.31 bits per heavy atom. The van der Waals surface area contributed by atoms with Gasteiger partial charge < -0.3 is 15.0 Å². The number of hydrogen-bond donors (Lipinski definition) is 1. The molecule has 4 heteroatoms. The molecule has 0 spiro atoms. The van der Waals surface area contributed by atoms with Gasteiger partial charge in [0, 0.05) is 19.1 Å². The summed E-state index contributed by atoms with van der Waals surface area (Å²) in [5.74, 6) is 0.771. The average molecular weight is 226 g/mol. The van der Waals surface area contributed by atoms with Gasteiger partial charge in [0.2, 0.25) is 0 Å². The van der Waals surface area contributed by atoms with E-state index in [2.05, 4.69) is 5.32 Å². The van der Waals surface area contributed by atoms with E-state index >= 15 is 0 Å². The predicted octanol–water partition coefficient (Wildman–Crippen LogP) is 1.61. The Morgan fingerprint density at radius 2 is 2.00 bits per heavy atom. The van der Waals surface area contributed by atoms with Crippen LogP contribution in [0.1, 0.15) is 33.6 Å². The van der Waals surface area contributed by atoms with Crippen LogP contribution in [-0.4, -0.2) is 42.3 Å². The number of nitrogens with one attached hydrogen (secondary N) is 1. The lowest BCUT2D eigenvalue weighted by atomic mass is 9.88. The van der Waals surface area contributed by atoms with Gasteiger partial charge in [-0.1, -0.05) is 0 Å². The fraction of sp³-hybridized carbons (Fsp3) is 0.917. The van der Waals surface area contributed by atoms with Crippen LogP contribution in [0.4, 0.5) is 4.79 Å². The van der Waals surface area contributed by atoms with Crippen LogP contribution in [0, 0.1) is 5.92 Å². The highest BCUT2D eigenvalue weighted by Crippen LogP contribution is 2.25. The third-order valence-electron chi connectivity index (χ3n) is 3.34. The van der Waals surface area contributed by atoms with Gasteiger partial charge in [-0.15, -0.1) is 0 Å². The molecule has 4 nitrogen and oxygen atoms in total. The predicted molar refractivity (Wildman–Crippen MR) is 62.3 cm³/mol. The van der Waals surface area contributed by atoms with Crippen molar-refractivity contribution >= 4 is 6.09 Å². The summed E-state index contributed by atoms with van der Waals surface area (Å²) >= 11 is 0. The first-order chi connectivity index (χ1) is 7.46. The number of fused-ring (bicyclic) bond motifs is 1. The van der Waals surface area contributed by atoms with Gasteiger partial charge in [-0.2, -0.15) is 0 Å². The number of carbonyl (C=O) groups excluding carboxylic acids is 1. The molecule has 2 fully saturated rings. The molecule has 0 saturated carbocycles. The smallest absolute Gasteiger partial charge is 0.410 e. The Bertz CT molecular complexity index is 259. The van der Waals surface area contributed by atoms with Gasteiger partial charge >= 0.3 is 6.09 Å². The summed E-state index contributed by atoms with van der Waals surface area (Å²) < 4.78 is 5.39. The molecule has 2 rings (SSSR count). The maximum Gasteiger partial charge on any atom is 0.410 e. The first kappa shape index (κ1) is 11.7. The molecule has 0 aromatic heterocycles. The summed E-state index contributed by atoms with van der Waals surface area (Å²) in [4.78, 5) is 13.7. The number of amides is 1. The first-order valence-electron chi connectivity index (χ1n) is 6.17.